The fourth-order valence-corrected chi connectivity index (χ4v) is 5.25. The molecule has 1 aromatic rings. The second kappa shape index (κ2) is 8.37. The molecule has 2 saturated heterocycles. The van der Waals surface area contributed by atoms with Crippen molar-refractivity contribution in [2.75, 3.05) is 31.1 Å². The molecule has 168 valence electrons. The van der Waals surface area contributed by atoms with E-state index in [4.69, 9.17) is 4.74 Å². The number of fused-ring (bicyclic) bond motifs is 3. The van der Waals surface area contributed by atoms with Gasteiger partial charge >= 0.3 is 0 Å². The lowest BCUT2D eigenvalue weighted by Crippen LogP contribution is -2.50. The lowest BCUT2D eigenvalue weighted by atomic mass is 9.93. The molecule has 0 spiro atoms. The Balaban J connectivity index is 1.34. The topological polar surface area (TPSA) is 98.2 Å². The van der Waals surface area contributed by atoms with Gasteiger partial charge in [-0.3, -0.25) is 9.69 Å². The fraction of sp³-hybridized carbons (Fsp3) is 0.636. The molecule has 2 bridgehead atoms. The number of amides is 1. The number of likely N-dealkylation sites (tertiary alicyclic amines) is 1. The zero-order valence-electron chi connectivity index (χ0n) is 17.4. The van der Waals surface area contributed by atoms with Crippen molar-refractivity contribution in [2.24, 2.45) is 0 Å². The molecule has 0 radical (unpaired) electrons. The van der Waals surface area contributed by atoms with Gasteiger partial charge in [0.05, 0.1) is 18.3 Å². The molecule has 3 N–H and O–H groups in total. The van der Waals surface area contributed by atoms with Crippen LogP contribution in [-0.2, 0) is 9.53 Å². The Morgan fingerprint density at radius 1 is 1.29 bits per heavy atom. The predicted molar refractivity (Wildman–Crippen MR) is 112 cm³/mol. The number of nitrogens with zero attached hydrogens (tertiary/aromatic N) is 3. The van der Waals surface area contributed by atoms with Gasteiger partial charge in [-0.25, -0.2) is 9.37 Å². The van der Waals surface area contributed by atoms with Crippen LogP contribution in [0.2, 0.25) is 0 Å². The average molecular weight is 432 g/mol. The van der Waals surface area contributed by atoms with Gasteiger partial charge in [-0.05, 0) is 44.2 Å². The molecule has 1 aliphatic carbocycles. The van der Waals surface area contributed by atoms with E-state index in [2.05, 4.69) is 15.2 Å². The summed E-state index contributed by atoms with van der Waals surface area (Å²) in [5.74, 6) is -0.305. The summed E-state index contributed by atoms with van der Waals surface area (Å²) in [6, 6.07) is 3.63. The van der Waals surface area contributed by atoms with Gasteiger partial charge in [0, 0.05) is 37.9 Å². The lowest BCUT2D eigenvalue weighted by Gasteiger charge is -2.37. The third-order valence-corrected chi connectivity index (χ3v) is 7.00. The van der Waals surface area contributed by atoms with Crippen molar-refractivity contribution in [1.29, 1.82) is 0 Å². The average Bonchev–Trinajstić information content (AvgIpc) is 3.39. The van der Waals surface area contributed by atoms with Gasteiger partial charge in [0.25, 0.3) is 5.91 Å². The van der Waals surface area contributed by atoms with Crippen molar-refractivity contribution >= 4 is 17.5 Å². The SMILES string of the molecule is O=C(NC1CCC(F)CC1)C1=C(O)c2cccnc2N(CCN2CC3CC2CO3)C1O. The number of aromatic nitrogens is 1. The van der Waals surface area contributed by atoms with Crippen LogP contribution in [0.25, 0.3) is 5.76 Å². The van der Waals surface area contributed by atoms with E-state index in [1.807, 2.05) is 0 Å². The summed E-state index contributed by atoms with van der Waals surface area (Å²) in [5.41, 5.74) is 0.353. The largest absolute Gasteiger partial charge is 0.507 e. The number of pyridine rings is 1. The number of carbonyl (C=O) groups excluding carboxylic acids is 1. The number of rotatable bonds is 5. The molecule has 3 fully saturated rings. The highest BCUT2D eigenvalue weighted by Gasteiger charge is 2.41. The maximum absolute atomic E-state index is 13.4. The first-order valence-electron chi connectivity index (χ1n) is 11.1. The highest BCUT2D eigenvalue weighted by Crippen LogP contribution is 2.35. The first-order valence-corrected chi connectivity index (χ1v) is 11.1. The number of morpholine rings is 1. The van der Waals surface area contributed by atoms with E-state index in [1.54, 1.807) is 23.2 Å². The van der Waals surface area contributed by atoms with E-state index in [-0.39, 0.29) is 23.5 Å². The second-order valence-electron chi connectivity index (χ2n) is 8.97. The first-order chi connectivity index (χ1) is 15.0. The minimum Gasteiger partial charge on any atom is -0.507 e. The third-order valence-electron chi connectivity index (χ3n) is 7.00. The normalized spacial score (nSPS) is 33.0. The minimum atomic E-state index is -1.31. The third kappa shape index (κ3) is 3.90. The van der Waals surface area contributed by atoms with Crippen LogP contribution < -0.4 is 10.2 Å². The standard InChI is InChI=1S/C22H29FN4O4/c23-13-3-5-14(6-4-13)25-21(29)18-19(28)17-2-1-7-24-20(17)27(22(18)30)9-8-26-11-16-10-15(26)12-31-16/h1-2,7,13-16,22,28,30H,3-6,8-12H2,(H,25,29). The van der Waals surface area contributed by atoms with Crippen molar-refractivity contribution in [1.82, 2.24) is 15.2 Å². The highest BCUT2D eigenvalue weighted by molar-refractivity contribution is 6.03. The number of aliphatic hydroxyl groups is 2. The van der Waals surface area contributed by atoms with E-state index in [9.17, 15) is 19.4 Å². The summed E-state index contributed by atoms with van der Waals surface area (Å²) >= 11 is 0. The smallest absolute Gasteiger partial charge is 0.255 e. The van der Waals surface area contributed by atoms with Gasteiger partial charge in [-0.2, -0.15) is 0 Å². The Hall–Kier alpha value is -2.23. The first kappa shape index (κ1) is 20.7. The van der Waals surface area contributed by atoms with Gasteiger partial charge in [0.15, 0.2) is 6.23 Å². The molecule has 1 amide bonds. The monoisotopic (exact) mass is 432 g/mol. The molecule has 1 aromatic heterocycles. The molecule has 31 heavy (non-hydrogen) atoms. The second-order valence-corrected chi connectivity index (χ2v) is 8.97. The van der Waals surface area contributed by atoms with Crippen LogP contribution in [-0.4, -0.2) is 82.8 Å². The van der Waals surface area contributed by atoms with Gasteiger partial charge in [0.1, 0.15) is 23.3 Å². The Morgan fingerprint density at radius 2 is 2.10 bits per heavy atom. The van der Waals surface area contributed by atoms with Crippen molar-refractivity contribution in [2.45, 2.75) is 62.7 Å². The molecule has 5 rings (SSSR count). The highest BCUT2D eigenvalue weighted by atomic mass is 19.1. The summed E-state index contributed by atoms with van der Waals surface area (Å²) in [5, 5.41) is 24.8. The van der Waals surface area contributed by atoms with Crippen LogP contribution in [0, 0.1) is 0 Å². The summed E-state index contributed by atoms with van der Waals surface area (Å²) < 4.78 is 19.1. The fourth-order valence-electron chi connectivity index (χ4n) is 5.25. The van der Waals surface area contributed by atoms with Crippen molar-refractivity contribution in [3.8, 4) is 0 Å². The van der Waals surface area contributed by atoms with Crippen molar-refractivity contribution < 1.29 is 24.1 Å². The van der Waals surface area contributed by atoms with Crippen LogP contribution >= 0.6 is 0 Å². The van der Waals surface area contributed by atoms with Gasteiger partial charge in [-0.15, -0.1) is 0 Å². The number of carbonyl (C=O) groups is 1. The summed E-state index contributed by atoms with van der Waals surface area (Å²) in [4.78, 5) is 21.4. The Morgan fingerprint density at radius 3 is 2.81 bits per heavy atom. The van der Waals surface area contributed by atoms with E-state index in [0.717, 1.165) is 19.6 Å². The quantitative estimate of drug-likeness (QED) is 0.646. The van der Waals surface area contributed by atoms with Crippen LogP contribution in [0.15, 0.2) is 23.9 Å². The number of hydrogen-bond acceptors (Lipinski definition) is 7. The predicted octanol–water partition coefficient (Wildman–Crippen LogP) is 1.36. The number of halogens is 1. The molecule has 4 aliphatic rings. The molecule has 3 unspecified atom stereocenters. The van der Waals surface area contributed by atoms with E-state index in [0.29, 0.717) is 56.2 Å². The maximum Gasteiger partial charge on any atom is 0.255 e. The zero-order chi connectivity index (χ0) is 21.5. The lowest BCUT2D eigenvalue weighted by molar-refractivity contribution is -0.119. The molecule has 3 aliphatic heterocycles. The van der Waals surface area contributed by atoms with E-state index >= 15 is 0 Å². The summed E-state index contributed by atoms with van der Waals surface area (Å²) in [6.45, 7) is 2.77. The van der Waals surface area contributed by atoms with E-state index < -0.39 is 18.3 Å². The molecule has 0 aromatic carbocycles. The number of nitrogens with one attached hydrogen (secondary N) is 1. The number of ether oxygens (including phenoxy) is 1. The zero-order valence-corrected chi connectivity index (χ0v) is 17.4. The van der Waals surface area contributed by atoms with Crippen LogP contribution in [0.5, 0.6) is 0 Å². The van der Waals surface area contributed by atoms with E-state index in [1.165, 1.54) is 0 Å². The molecular formula is C22H29FN4O4. The number of hydrogen-bond donors (Lipinski definition) is 3. The molecule has 3 atom stereocenters. The van der Waals surface area contributed by atoms with Gasteiger partial charge in [-0.1, -0.05) is 0 Å². The summed E-state index contributed by atoms with van der Waals surface area (Å²) in [6.07, 6.45) is 2.74. The molecule has 4 heterocycles. The van der Waals surface area contributed by atoms with Crippen LogP contribution in [0.4, 0.5) is 10.2 Å². The Bertz CT molecular complexity index is 873. The number of aliphatic hydroxyl groups excluding tert-OH is 2. The van der Waals surface area contributed by atoms with Crippen molar-refractivity contribution in [3.05, 3.63) is 29.5 Å². The number of anilines is 1. The minimum absolute atomic E-state index is 0.0749. The van der Waals surface area contributed by atoms with Crippen LogP contribution in [0.1, 0.15) is 37.7 Å². The molecular weight excluding hydrogens is 403 g/mol. The van der Waals surface area contributed by atoms with Gasteiger partial charge < -0.3 is 25.2 Å². The maximum atomic E-state index is 13.4. The molecule has 1 saturated carbocycles. The Labute approximate surface area is 180 Å². The van der Waals surface area contributed by atoms with Crippen LogP contribution in [0.3, 0.4) is 0 Å². The van der Waals surface area contributed by atoms with Gasteiger partial charge in [0.2, 0.25) is 0 Å². The summed E-state index contributed by atoms with van der Waals surface area (Å²) in [7, 11) is 0. The molecule has 9 heteroatoms. The Kier molecular flexibility index (Phi) is 5.58. The number of alkyl halides is 1. The molecule has 8 nitrogen and oxygen atoms in total. The van der Waals surface area contributed by atoms with Crippen molar-refractivity contribution in [3.63, 3.8) is 0 Å².